The van der Waals surface area contributed by atoms with Crippen LogP contribution in [-0.2, 0) is 14.3 Å². The van der Waals surface area contributed by atoms with E-state index >= 15 is 0 Å². The number of thioether (sulfide) groups is 2. The summed E-state index contributed by atoms with van der Waals surface area (Å²) in [6, 6.07) is 0. The van der Waals surface area contributed by atoms with Gasteiger partial charge in [-0.2, -0.15) is 0 Å². The smallest absolute Gasteiger partial charge is 0.357 e. The monoisotopic (exact) mass is 361 g/mol. The number of nitrogens with zero attached hydrogens (tertiary/aromatic N) is 1. The summed E-state index contributed by atoms with van der Waals surface area (Å²) in [5.41, 5.74) is 0.138. The number of hydrogen-bond donors (Lipinski definition) is 3. The third-order valence-electron chi connectivity index (χ3n) is 3.41. The van der Waals surface area contributed by atoms with Crippen LogP contribution in [-0.4, -0.2) is 68.6 Å². The lowest BCUT2D eigenvalue weighted by Crippen LogP contribution is -2.60. The van der Waals surface area contributed by atoms with Crippen molar-refractivity contribution >= 4 is 35.4 Å². The van der Waals surface area contributed by atoms with Gasteiger partial charge in [-0.15, -0.1) is 11.8 Å². The van der Waals surface area contributed by atoms with Gasteiger partial charge in [0.15, 0.2) is 5.70 Å². The Labute approximate surface area is 142 Å². The van der Waals surface area contributed by atoms with Crippen LogP contribution in [0.2, 0.25) is 0 Å². The molecule has 2 aliphatic heterocycles. The highest BCUT2D eigenvalue weighted by Gasteiger charge is 2.58. The molecule has 1 amide bonds. The first kappa shape index (κ1) is 18.3. The Kier molecular flexibility index (Phi) is 6.15. The molecule has 0 saturated carbocycles. The lowest BCUT2D eigenvalue weighted by Gasteiger charge is -2.43. The molecule has 7 nitrogen and oxygen atoms in total. The molecule has 2 aliphatic rings. The maximum Gasteiger partial charge on any atom is 0.357 e. The molecule has 2 rings (SSSR count). The van der Waals surface area contributed by atoms with Gasteiger partial charge in [0.1, 0.15) is 12.0 Å². The molecule has 3 N–H and O–H groups in total. The van der Waals surface area contributed by atoms with E-state index < -0.39 is 24.1 Å². The summed E-state index contributed by atoms with van der Waals surface area (Å²) in [5.74, 6) is -1.34. The third-order valence-corrected chi connectivity index (χ3v) is 6.21. The van der Waals surface area contributed by atoms with Crippen LogP contribution in [0.3, 0.4) is 0 Å². The molecule has 0 aromatic rings. The SMILES string of the molecule is C=CCOC(=O)C1=C(SCC(O)CO)S[C@@H]2[C@@H](C(C)O)C(=O)N12. The van der Waals surface area contributed by atoms with Crippen molar-refractivity contribution in [3.8, 4) is 0 Å². The zero-order valence-electron chi connectivity index (χ0n) is 12.5. The Bertz CT molecular complexity index is 535. The molecule has 2 unspecified atom stereocenters. The number of aliphatic hydroxyl groups excluding tert-OH is 3. The minimum Gasteiger partial charge on any atom is -0.457 e. The lowest BCUT2D eigenvalue weighted by molar-refractivity contribution is -0.157. The van der Waals surface area contributed by atoms with Crippen molar-refractivity contribution < 1.29 is 29.6 Å². The second-order valence-electron chi connectivity index (χ2n) is 5.15. The number of carbonyl (C=O) groups excluding carboxylic acids is 2. The van der Waals surface area contributed by atoms with Crippen molar-refractivity contribution in [2.24, 2.45) is 5.92 Å². The second-order valence-corrected chi connectivity index (χ2v) is 7.57. The number of amides is 1. The van der Waals surface area contributed by atoms with Crippen LogP contribution in [0.4, 0.5) is 0 Å². The molecule has 1 saturated heterocycles. The quantitative estimate of drug-likeness (QED) is 0.312. The van der Waals surface area contributed by atoms with Crippen LogP contribution < -0.4 is 0 Å². The number of carbonyl (C=O) groups is 2. The predicted octanol–water partition coefficient (Wildman–Crippen LogP) is -0.117. The molecule has 1 fully saturated rings. The highest BCUT2D eigenvalue weighted by molar-refractivity contribution is 8.22. The largest absolute Gasteiger partial charge is 0.457 e. The molecule has 0 radical (unpaired) electrons. The van der Waals surface area contributed by atoms with E-state index in [1.807, 2.05) is 0 Å². The van der Waals surface area contributed by atoms with Crippen LogP contribution in [0.1, 0.15) is 6.92 Å². The van der Waals surface area contributed by atoms with E-state index in [-0.39, 0.29) is 35.9 Å². The maximum absolute atomic E-state index is 12.2. The van der Waals surface area contributed by atoms with Crippen LogP contribution in [0.25, 0.3) is 0 Å². The first-order valence-corrected chi connectivity index (χ1v) is 8.90. The maximum atomic E-state index is 12.2. The van der Waals surface area contributed by atoms with Gasteiger partial charge in [0.25, 0.3) is 0 Å². The Balaban J connectivity index is 2.19. The van der Waals surface area contributed by atoms with Crippen LogP contribution in [0.5, 0.6) is 0 Å². The predicted molar refractivity (Wildman–Crippen MR) is 87.1 cm³/mol. The van der Waals surface area contributed by atoms with Crippen LogP contribution in [0, 0.1) is 5.92 Å². The van der Waals surface area contributed by atoms with Crippen molar-refractivity contribution in [2.75, 3.05) is 19.0 Å². The topological polar surface area (TPSA) is 107 Å². The molecule has 128 valence electrons. The molecule has 0 aliphatic carbocycles. The molecule has 0 spiro atoms. The Morgan fingerprint density at radius 1 is 1.57 bits per heavy atom. The van der Waals surface area contributed by atoms with E-state index in [2.05, 4.69) is 6.58 Å². The molecule has 9 heteroatoms. The number of rotatable bonds is 8. The van der Waals surface area contributed by atoms with Gasteiger partial charge in [-0.1, -0.05) is 24.4 Å². The standard InChI is InChI=1S/C14H19NO6S2/c1-3-4-21-13(20)10-14(22-6-8(18)5-16)23-12-9(7(2)17)11(19)15(10)12/h3,7-9,12,16-18H,1,4-6H2,2H3/t7?,8?,9-,12+/m0/s1. The van der Waals surface area contributed by atoms with E-state index in [0.717, 1.165) is 0 Å². The van der Waals surface area contributed by atoms with Gasteiger partial charge >= 0.3 is 5.97 Å². The summed E-state index contributed by atoms with van der Waals surface area (Å²) < 4.78 is 5.57. The molecule has 0 aromatic carbocycles. The first-order chi connectivity index (χ1) is 10.9. The number of aliphatic hydroxyl groups is 3. The second kappa shape index (κ2) is 7.71. The van der Waals surface area contributed by atoms with E-state index in [9.17, 15) is 19.8 Å². The van der Waals surface area contributed by atoms with E-state index in [1.54, 1.807) is 0 Å². The van der Waals surface area contributed by atoms with Gasteiger partial charge in [-0.25, -0.2) is 4.79 Å². The molecule has 4 atom stereocenters. The summed E-state index contributed by atoms with van der Waals surface area (Å²) in [7, 11) is 0. The summed E-state index contributed by atoms with van der Waals surface area (Å²) in [6.07, 6.45) is -0.305. The van der Waals surface area contributed by atoms with Crippen molar-refractivity contribution in [3.05, 3.63) is 22.6 Å². The summed E-state index contributed by atoms with van der Waals surface area (Å²) >= 11 is 2.47. The van der Waals surface area contributed by atoms with E-state index in [0.29, 0.717) is 4.24 Å². The molecule has 2 heterocycles. The summed E-state index contributed by atoms with van der Waals surface area (Å²) in [6.45, 7) is 4.65. The zero-order chi connectivity index (χ0) is 17.1. The average Bonchev–Trinajstić information content (AvgIpc) is 2.84. The van der Waals surface area contributed by atoms with E-state index in [1.165, 1.54) is 41.4 Å². The lowest BCUT2D eigenvalue weighted by atomic mass is 9.92. The number of esters is 1. The summed E-state index contributed by atoms with van der Waals surface area (Å²) in [5, 5.41) is 27.7. The minimum absolute atomic E-state index is 0.0245. The van der Waals surface area contributed by atoms with Gasteiger partial charge in [0, 0.05) is 5.75 Å². The van der Waals surface area contributed by atoms with E-state index in [4.69, 9.17) is 9.84 Å². The average molecular weight is 361 g/mol. The van der Waals surface area contributed by atoms with Gasteiger partial charge in [0.2, 0.25) is 5.91 Å². The molecule has 0 aromatic heterocycles. The Hall–Kier alpha value is -1.00. The van der Waals surface area contributed by atoms with Crippen molar-refractivity contribution in [2.45, 2.75) is 24.5 Å². The van der Waals surface area contributed by atoms with Crippen molar-refractivity contribution in [1.29, 1.82) is 0 Å². The molecular weight excluding hydrogens is 342 g/mol. The van der Waals surface area contributed by atoms with Gasteiger partial charge in [-0.3, -0.25) is 9.69 Å². The van der Waals surface area contributed by atoms with Gasteiger partial charge in [-0.05, 0) is 6.92 Å². The van der Waals surface area contributed by atoms with Crippen LogP contribution >= 0.6 is 23.5 Å². The third kappa shape index (κ3) is 3.58. The normalized spacial score (nSPS) is 25.7. The molecule has 0 bridgehead atoms. The van der Waals surface area contributed by atoms with Crippen LogP contribution in [0.15, 0.2) is 22.6 Å². The summed E-state index contributed by atoms with van der Waals surface area (Å²) in [4.78, 5) is 25.8. The Morgan fingerprint density at radius 2 is 2.26 bits per heavy atom. The number of fused-ring (bicyclic) bond motifs is 1. The number of ether oxygens (including phenoxy) is 1. The Morgan fingerprint density at radius 3 is 2.83 bits per heavy atom. The van der Waals surface area contributed by atoms with Crippen molar-refractivity contribution in [3.63, 3.8) is 0 Å². The first-order valence-electron chi connectivity index (χ1n) is 7.04. The number of β-lactam (4-membered cyclic amide) rings is 1. The molecule has 23 heavy (non-hydrogen) atoms. The minimum atomic E-state index is -0.921. The van der Waals surface area contributed by atoms with Crippen molar-refractivity contribution in [1.82, 2.24) is 4.90 Å². The highest BCUT2D eigenvalue weighted by atomic mass is 32.2. The van der Waals surface area contributed by atoms with Gasteiger partial charge in [0.05, 0.1) is 29.0 Å². The molecular formula is C14H19NO6S2. The fourth-order valence-electron chi connectivity index (χ4n) is 2.27. The highest BCUT2D eigenvalue weighted by Crippen LogP contribution is 2.53. The van der Waals surface area contributed by atoms with Gasteiger partial charge < -0.3 is 20.1 Å². The number of hydrogen-bond acceptors (Lipinski definition) is 8. The zero-order valence-corrected chi connectivity index (χ0v) is 14.2. The fourth-order valence-corrected chi connectivity index (χ4v) is 5.13. The fraction of sp³-hybridized carbons (Fsp3) is 0.571.